The first-order valence-electron chi connectivity index (χ1n) is 10.3. The average molecular weight is 382 g/mol. The standard InChI is InChI=1S/C28H18N2/c1-2-10-19(11-3-1)29-25-17-9-7-15-23(25)26-18-27(29)28-22-14-5-4-12-20(22)21-13-6-8-16-24(21)30(26)28/h1-18H. The number of fused-ring (bicyclic) bond motifs is 5. The number of nitrogens with zero attached hydrogens (tertiary/aromatic N) is 2. The van der Waals surface area contributed by atoms with Crippen molar-refractivity contribution in [3.05, 3.63) is 109 Å². The highest BCUT2D eigenvalue weighted by Crippen LogP contribution is 2.51. The quantitative estimate of drug-likeness (QED) is 0.264. The Morgan fingerprint density at radius 1 is 0.500 bits per heavy atom. The summed E-state index contributed by atoms with van der Waals surface area (Å²) in [6.45, 7) is 0. The Morgan fingerprint density at radius 3 is 2.03 bits per heavy atom. The van der Waals surface area contributed by atoms with Gasteiger partial charge >= 0.3 is 0 Å². The first-order valence-corrected chi connectivity index (χ1v) is 10.3. The van der Waals surface area contributed by atoms with Crippen molar-refractivity contribution in [1.82, 2.24) is 4.40 Å². The summed E-state index contributed by atoms with van der Waals surface area (Å²) in [7, 11) is 0. The maximum atomic E-state index is 2.45. The number of pyridine rings is 1. The molecule has 0 radical (unpaired) electrons. The van der Waals surface area contributed by atoms with Crippen LogP contribution in [0.3, 0.4) is 0 Å². The average Bonchev–Trinajstić information content (AvgIpc) is 3.16. The first-order chi connectivity index (χ1) is 14.9. The van der Waals surface area contributed by atoms with Crippen LogP contribution in [0.15, 0.2) is 109 Å². The highest BCUT2D eigenvalue weighted by atomic mass is 15.2. The number of rotatable bonds is 1. The number of hydrogen-bond acceptors (Lipinski definition) is 1. The molecule has 0 unspecified atom stereocenters. The fourth-order valence-electron chi connectivity index (χ4n) is 5.07. The second-order valence-electron chi connectivity index (χ2n) is 7.85. The normalized spacial score (nSPS) is 12.6. The van der Waals surface area contributed by atoms with E-state index < -0.39 is 0 Å². The Hall–Kier alpha value is -4.04. The molecule has 0 spiro atoms. The van der Waals surface area contributed by atoms with Crippen molar-refractivity contribution in [3.8, 4) is 11.3 Å². The molecule has 30 heavy (non-hydrogen) atoms. The molecule has 2 bridgehead atoms. The van der Waals surface area contributed by atoms with Crippen molar-refractivity contribution in [3.63, 3.8) is 0 Å². The van der Waals surface area contributed by atoms with Crippen molar-refractivity contribution in [2.75, 3.05) is 4.90 Å². The van der Waals surface area contributed by atoms with Gasteiger partial charge in [-0.1, -0.05) is 78.9 Å². The zero-order valence-corrected chi connectivity index (χ0v) is 16.3. The van der Waals surface area contributed by atoms with Crippen molar-refractivity contribution >= 4 is 44.3 Å². The summed E-state index contributed by atoms with van der Waals surface area (Å²) >= 11 is 0. The van der Waals surface area contributed by atoms with Gasteiger partial charge in [0.1, 0.15) is 0 Å². The maximum Gasteiger partial charge on any atom is 0.0782 e. The van der Waals surface area contributed by atoms with Gasteiger partial charge in [-0.15, -0.1) is 0 Å². The third-order valence-electron chi connectivity index (χ3n) is 6.27. The third-order valence-corrected chi connectivity index (χ3v) is 6.27. The molecular weight excluding hydrogens is 364 g/mol. The largest absolute Gasteiger partial charge is 0.308 e. The van der Waals surface area contributed by atoms with Gasteiger partial charge in [0.15, 0.2) is 0 Å². The van der Waals surface area contributed by atoms with E-state index in [0.29, 0.717) is 0 Å². The van der Waals surface area contributed by atoms with Crippen molar-refractivity contribution in [1.29, 1.82) is 0 Å². The van der Waals surface area contributed by atoms with Gasteiger partial charge < -0.3 is 9.30 Å². The summed E-state index contributed by atoms with van der Waals surface area (Å²) in [5, 5.41) is 3.87. The van der Waals surface area contributed by atoms with Gasteiger partial charge in [0.05, 0.1) is 28.1 Å². The fraction of sp³-hybridized carbons (Fsp3) is 0. The number of para-hydroxylation sites is 3. The lowest BCUT2D eigenvalue weighted by Gasteiger charge is -2.28. The van der Waals surface area contributed by atoms with Crippen LogP contribution in [0.4, 0.5) is 17.1 Å². The van der Waals surface area contributed by atoms with Crippen molar-refractivity contribution in [2.24, 2.45) is 0 Å². The van der Waals surface area contributed by atoms with Crippen LogP contribution in [0.25, 0.3) is 38.4 Å². The van der Waals surface area contributed by atoms with Crippen LogP contribution in [0, 0.1) is 0 Å². The highest BCUT2D eigenvalue weighted by molar-refractivity contribution is 6.18. The van der Waals surface area contributed by atoms with Crippen LogP contribution in [0.5, 0.6) is 0 Å². The first kappa shape index (κ1) is 15.8. The molecule has 0 amide bonds. The van der Waals surface area contributed by atoms with Gasteiger partial charge in [-0.05, 0) is 35.7 Å². The molecule has 2 aromatic heterocycles. The molecule has 0 saturated carbocycles. The van der Waals surface area contributed by atoms with E-state index in [1.807, 2.05) is 0 Å². The number of aromatic nitrogens is 1. The van der Waals surface area contributed by atoms with Crippen LogP contribution >= 0.6 is 0 Å². The lowest BCUT2D eigenvalue weighted by atomic mass is 10.0. The highest BCUT2D eigenvalue weighted by Gasteiger charge is 2.29. The molecular formula is C28H18N2. The summed E-state index contributed by atoms with van der Waals surface area (Å²) in [5.74, 6) is 0. The molecule has 1 aliphatic rings. The zero-order chi connectivity index (χ0) is 19.7. The molecule has 2 nitrogen and oxygen atoms in total. The molecule has 0 aliphatic carbocycles. The Kier molecular flexibility index (Phi) is 3.03. The minimum atomic E-state index is 1.18. The molecule has 0 N–H and O–H groups in total. The predicted octanol–water partition coefficient (Wildman–Crippen LogP) is 7.70. The van der Waals surface area contributed by atoms with E-state index in [-0.39, 0.29) is 0 Å². The topological polar surface area (TPSA) is 7.65 Å². The number of anilines is 3. The summed E-state index contributed by atoms with van der Waals surface area (Å²) in [5.41, 5.74) is 8.67. The van der Waals surface area contributed by atoms with Gasteiger partial charge in [-0.2, -0.15) is 0 Å². The van der Waals surface area contributed by atoms with Gasteiger partial charge in [0, 0.05) is 22.0 Å². The van der Waals surface area contributed by atoms with Crippen LogP contribution in [0.2, 0.25) is 0 Å². The second kappa shape index (κ2) is 5.74. The summed E-state index contributed by atoms with van der Waals surface area (Å²) in [6, 6.07) is 39.3. The van der Waals surface area contributed by atoms with Crippen LogP contribution < -0.4 is 4.90 Å². The Balaban J connectivity index is 1.75. The van der Waals surface area contributed by atoms with E-state index in [9.17, 15) is 0 Å². The van der Waals surface area contributed by atoms with Crippen LogP contribution in [-0.4, -0.2) is 4.40 Å². The van der Waals surface area contributed by atoms with E-state index in [4.69, 9.17) is 0 Å². The van der Waals surface area contributed by atoms with Crippen molar-refractivity contribution in [2.45, 2.75) is 0 Å². The van der Waals surface area contributed by atoms with E-state index in [1.165, 1.54) is 55.5 Å². The molecule has 6 aromatic rings. The molecule has 7 rings (SSSR count). The molecule has 0 saturated heterocycles. The Morgan fingerprint density at radius 2 is 1.17 bits per heavy atom. The SMILES string of the molecule is c1ccc(N2c3ccccc3-c3cc2c2c4ccccc4c4ccccc4n32)cc1. The van der Waals surface area contributed by atoms with Gasteiger partial charge in [-0.3, -0.25) is 0 Å². The molecule has 0 fully saturated rings. The summed E-state index contributed by atoms with van der Waals surface area (Å²) in [4.78, 5) is 2.40. The number of benzene rings is 4. The van der Waals surface area contributed by atoms with Gasteiger partial charge in [-0.25, -0.2) is 0 Å². The lowest BCUT2D eigenvalue weighted by molar-refractivity contribution is 1.27. The maximum absolute atomic E-state index is 2.45. The van der Waals surface area contributed by atoms with E-state index in [0.717, 1.165) is 0 Å². The molecule has 0 atom stereocenters. The van der Waals surface area contributed by atoms with E-state index in [1.54, 1.807) is 0 Å². The Bertz CT molecular complexity index is 1590. The van der Waals surface area contributed by atoms with Gasteiger partial charge in [0.25, 0.3) is 0 Å². The zero-order valence-electron chi connectivity index (χ0n) is 16.3. The van der Waals surface area contributed by atoms with E-state index >= 15 is 0 Å². The van der Waals surface area contributed by atoms with Crippen LogP contribution in [0.1, 0.15) is 0 Å². The van der Waals surface area contributed by atoms with Crippen LogP contribution in [-0.2, 0) is 0 Å². The Labute approximate surface area is 174 Å². The molecule has 3 heterocycles. The predicted molar refractivity (Wildman–Crippen MR) is 126 cm³/mol. The fourth-order valence-corrected chi connectivity index (χ4v) is 5.07. The minimum Gasteiger partial charge on any atom is -0.308 e. The molecule has 2 heteroatoms. The smallest absolute Gasteiger partial charge is 0.0782 e. The molecule has 4 aromatic carbocycles. The van der Waals surface area contributed by atoms with E-state index in [2.05, 4.69) is 118 Å². The molecule has 1 aliphatic heterocycles. The summed E-state index contributed by atoms with van der Waals surface area (Å²) < 4.78 is 2.45. The lowest BCUT2D eigenvalue weighted by Crippen LogP contribution is -2.11. The summed E-state index contributed by atoms with van der Waals surface area (Å²) in [6.07, 6.45) is 0. The molecule has 140 valence electrons. The monoisotopic (exact) mass is 382 g/mol. The second-order valence-corrected chi connectivity index (χ2v) is 7.85. The van der Waals surface area contributed by atoms with Crippen molar-refractivity contribution < 1.29 is 0 Å². The van der Waals surface area contributed by atoms with Gasteiger partial charge in [0.2, 0.25) is 0 Å². The number of hydrogen-bond donors (Lipinski definition) is 0. The minimum absolute atomic E-state index is 1.18. The third kappa shape index (κ3) is 1.93.